The minimum atomic E-state index is -0.122. The van der Waals surface area contributed by atoms with Crippen molar-refractivity contribution in [3.05, 3.63) is 113 Å². The van der Waals surface area contributed by atoms with Crippen LogP contribution in [0.15, 0.2) is 91.0 Å². The lowest BCUT2D eigenvalue weighted by molar-refractivity contribution is 0.449. The van der Waals surface area contributed by atoms with E-state index in [-0.39, 0.29) is 12.1 Å². The summed E-state index contributed by atoms with van der Waals surface area (Å²) in [7, 11) is 0. The van der Waals surface area contributed by atoms with Gasteiger partial charge in [0.1, 0.15) is 5.75 Å². The summed E-state index contributed by atoms with van der Waals surface area (Å²) in [6.07, 6.45) is 0. The van der Waals surface area contributed by atoms with E-state index in [2.05, 4.69) is 67.7 Å². The molecule has 4 aromatic rings. The first-order valence-electron chi connectivity index (χ1n) is 9.71. The minimum Gasteiger partial charge on any atom is -0.508 e. The van der Waals surface area contributed by atoms with Crippen molar-refractivity contribution in [2.24, 2.45) is 0 Å². The smallest absolute Gasteiger partial charge is 0.121 e. The van der Waals surface area contributed by atoms with Crippen molar-refractivity contribution in [3.63, 3.8) is 0 Å². The Morgan fingerprint density at radius 1 is 0.714 bits per heavy atom. The summed E-state index contributed by atoms with van der Waals surface area (Å²) in [4.78, 5) is 0. The molecule has 0 aromatic heterocycles. The first-order valence-corrected chi connectivity index (χ1v) is 9.71. The van der Waals surface area contributed by atoms with E-state index in [4.69, 9.17) is 0 Å². The molecule has 0 amide bonds. The molecule has 0 saturated carbocycles. The molecule has 2 unspecified atom stereocenters. The van der Waals surface area contributed by atoms with Crippen molar-refractivity contribution in [1.29, 1.82) is 0 Å². The highest BCUT2D eigenvalue weighted by atomic mass is 16.3. The van der Waals surface area contributed by atoms with Crippen LogP contribution in [0.1, 0.15) is 41.3 Å². The topological polar surface area (TPSA) is 32.3 Å². The van der Waals surface area contributed by atoms with Crippen LogP contribution in [-0.4, -0.2) is 5.11 Å². The highest BCUT2D eigenvalue weighted by Gasteiger charge is 2.22. The molecule has 0 bridgehead atoms. The lowest BCUT2D eigenvalue weighted by Crippen LogP contribution is -2.26. The van der Waals surface area contributed by atoms with Gasteiger partial charge in [-0.25, -0.2) is 0 Å². The maximum absolute atomic E-state index is 10.8. The van der Waals surface area contributed by atoms with Crippen LogP contribution in [0, 0.1) is 6.92 Å². The van der Waals surface area contributed by atoms with E-state index in [1.54, 1.807) is 6.07 Å². The quantitative estimate of drug-likeness (QED) is 0.434. The van der Waals surface area contributed by atoms with Gasteiger partial charge in [-0.2, -0.15) is 0 Å². The third-order valence-electron chi connectivity index (χ3n) is 5.36. The second kappa shape index (κ2) is 7.87. The summed E-state index contributed by atoms with van der Waals surface area (Å²) in [5.74, 6) is 0.316. The Morgan fingerprint density at radius 3 is 2.14 bits per heavy atom. The molecule has 2 atom stereocenters. The van der Waals surface area contributed by atoms with Crippen LogP contribution in [0.25, 0.3) is 10.8 Å². The Morgan fingerprint density at radius 2 is 1.39 bits per heavy atom. The van der Waals surface area contributed by atoms with E-state index in [0.29, 0.717) is 5.75 Å². The van der Waals surface area contributed by atoms with Crippen molar-refractivity contribution in [3.8, 4) is 5.75 Å². The van der Waals surface area contributed by atoms with Gasteiger partial charge < -0.3 is 5.11 Å². The number of benzene rings is 4. The molecule has 0 aliphatic carbocycles. The van der Waals surface area contributed by atoms with Crippen molar-refractivity contribution in [2.75, 3.05) is 0 Å². The third kappa shape index (κ3) is 3.64. The van der Waals surface area contributed by atoms with Crippen LogP contribution in [0.3, 0.4) is 0 Å². The number of nitrogens with one attached hydrogen (secondary N) is 1. The number of aromatic hydroxyl groups is 1. The van der Waals surface area contributed by atoms with Crippen LogP contribution in [-0.2, 0) is 0 Å². The molecule has 0 heterocycles. The number of fused-ring (bicyclic) bond motifs is 1. The minimum absolute atomic E-state index is 0.122. The molecule has 2 heteroatoms. The molecular formula is C26H25NO. The van der Waals surface area contributed by atoms with Gasteiger partial charge in [0.05, 0.1) is 6.04 Å². The zero-order valence-electron chi connectivity index (χ0n) is 16.3. The molecule has 0 fully saturated rings. The lowest BCUT2D eigenvalue weighted by atomic mass is 9.91. The van der Waals surface area contributed by atoms with Gasteiger partial charge in [0.25, 0.3) is 0 Å². The number of phenolic OH excluding ortho intramolecular Hbond substituents is 1. The fourth-order valence-corrected chi connectivity index (χ4v) is 3.78. The number of hydrogen-bond acceptors (Lipinski definition) is 2. The average Bonchev–Trinajstić information content (AvgIpc) is 2.73. The number of rotatable bonds is 5. The van der Waals surface area contributed by atoms with Crippen LogP contribution in [0.2, 0.25) is 0 Å². The Kier molecular flexibility index (Phi) is 5.14. The predicted molar refractivity (Wildman–Crippen MR) is 117 cm³/mol. The molecule has 2 N–H and O–H groups in total. The van der Waals surface area contributed by atoms with E-state index in [1.165, 1.54) is 11.1 Å². The molecule has 4 rings (SSSR count). The fraction of sp³-hybridized carbons (Fsp3) is 0.154. The maximum atomic E-state index is 10.8. The van der Waals surface area contributed by atoms with Gasteiger partial charge in [-0.15, -0.1) is 0 Å². The second-order valence-electron chi connectivity index (χ2n) is 7.36. The number of hydrogen-bond donors (Lipinski definition) is 2. The average molecular weight is 367 g/mol. The van der Waals surface area contributed by atoms with Crippen LogP contribution >= 0.6 is 0 Å². The highest BCUT2D eigenvalue weighted by Crippen LogP contribution is 2.37. The summed E-state index contributed by atoms with van der Waals surface area (Å²) in [5, 5.41) is 16.8. The fourth-order valence-electron chi connectivity index (χ4n) is 3.78. The van der Waals surface area contributed by atoms with Crippen LogP contribution in [0.4, 0.5) is 0 Å². The second-order valence-corrected chi connectivity index (χ2v) is 7.36. The Hall–Kier alpha value is -3.10. The van der Waals surface area contributed by atoms with E-state index in [9.17, 15) is 5.11 Å². The van der Waals surface area contributed by atoms with Gasteiger partial charge in [0.15, 0.2) is 0 Å². The predicted octanol–water partition coefficient (Wildman–Crippen LogP) is 6.29. The molecule has 0 saturated heterocycles. The number of aryl methyl sites for hydroxylation is 1. The van der Waals surface area contributed by atoms with Crippen molar-refractivity contribution in [2.45, 2.75) is 25.9 Å². The van der Waals surface area contributed by atoms with E-state index < -0.39 is 0 Å². The molecule has 0 radical (unpaired) electrons. The molecule has 0 aliphatic heterocycles. The lowest BCUT2D eigenvalue weighted by Gasteiger charge is -2.26. The normalized spacial score (nSPS) is 13.4. The molecule has 4 aromatic carbocycles. The van der Waals surface area contributed by atoms with Crippen molar-refractivity contribution >= 4 is 10.8 Å². The molecule has 0 spiro atoms. The van der Waals surface area contributed by atoms with Gasteiger partial charge in [0.2, 0.25) is 0 Å². The SMILES string of the molecule is Cc1ccc(C(C)NC(c2ccccc2)c2c(O)ccc3ccccc23)cc1. The van der Waals surface area contributed by atoms with E-state index >= 15 is 0 Å². The zero-order chi connectivity index (χ0) is 19.5. The van der Waals surface area contributed by atoms with Crippen molar-refractivity contribution in [1.82, 2.24) is 5.32 Å². The summed E-state index contributed by atoms with van der Waals surface area (Å²) in [6.45, 7) is 4.27. The summed E-state index contributed by atoms with van der Waals surface area (Å²) < 4.78 is 0. The Labute approximate surface area is 166 Å². The molecule has 140 valence electrons. The summed E-state index contributed by atoms with van der Waals surface area (Å²) in [6, 6.07) is 30.9. The molecular weight excluding hydrogens is 342 g/mol. The van der Waals surface area contributed by atoms with Gasteiger partial charge in [0, 0.05) is 11.6 Å². The van der Waals surface area contributed by atoms with Crippen molar-refractivity contribution < 1.29 is 5.11 Å². The summed E-state index contributed by atoms with van der Waals surface area (Å²) in [5.41, 5.74) is 4.53. The molecule has 0 aliphatic rings. The van der Waals surface area contributed by atoms with Gasteiger partial charge >= 0.3 is 0 Å². The first kappa shape index (κ1) is 18.3. The van der Waals surface area contributed by atoms with Crippen LogP contribution in [0.5, 0.6) is 5.75 Å². The van der Waals surface area contributed by atoms with Gasteiger partial charge in [-0.05, 0) is 41.8 Å². The van der Waals surface area contributed by atoms with Gasteiger partial charge in [-0.1, -0.05) is 90.5 Å². The van der Waals surface area contributed by atoms with Crippen LogP contribution < -0.4 is 5.32 Å². The summed E-state index contributed by atoms with van der Waals surface area (Å²) >= 11 is 0. The first-order chi connectivity index (χ1) is 13.6. The van der Waals surface area contributed by atoms with E-state index in [0.717, 1.165) is 21.9 Å². The largest absolute Gasteiger partial charge is 0.508 e. The Balaban J connectivity index is 1.81. The molecule has 2 nitrogen and oxygen atoms in total. The standard InChI is InChI=1S/C26H25NO/c1-18-12-14-20(15-13-18)19(2)27-26(22-9-4-3-5-10-22)25-23-11-7-6-8-21(23)16-17-24(25)28/h3-17,19,26-28H,1-2H3. The highest BCUT2D eigenvalue weighted by molar-refractivity contribution is 5.88. The molecule has 28 heavy (non-hydrogen) atoms. The van der Waals surface area contributed by atoms with Gasteiger partial charge in [-0.3, -0.25) is 5.32 Å². The number of phenols is 1. The third-order valence-corrected chi connectivity index (χ3v) is 5.36. The maximum Gasteiger partial charge on any atom is 0.121 e. The zero-order valence-corrected chi connectivity index (χ0v) is 16.3. The van der Waals surface area contributed by atoms with E-state index in [1.807, 2.05) is 36.4 Å². The monoisotopic (exact) mass is 367 g/mol. The Bertz CT molecular complexity index is 1070.